The molecule has 1 unspecified atom stereocenters. The van der Waals surface area contributed by atoms with Crippen LogP contribution in [0.25, 0.3) is 0 Å². The van der Waals surface area contributed by atoms with Crippen molar-refractivity contribution in [1.82, 2.24) is 10.6 Å². The molecule has 1 aromatic carbocycles. The molecule has 1 aliphatic heterocycles. The average Bonchev–Trinajstić information content (AvgIpc) is 2.82. The summed E-state index contributed by atoms with van der Waals surface area (Å²) in [5.74, 6) is -0.376. The Balaban J connectivity index is 1.76. The van der Waals surface area contributed by atoms with Crippen LogP contribution in [-0.4, -0.2) is 30.2 Å². The molecule has 0 aliphatic carbocycles. The number of carbonyl (C=O) groups excluding carboxylic acids is 3. The molecule has 1 fully saturated rings. The van der Waals surface area contributed by atoms with E-state index in [-0.39, 0.29) is 36.5 Å². The molecule has 0 spiro atoms. The predicted molar refractivity (Wildman–Crippen MR) is 74.6 cm³/mol. The summed E-state index contributed by atoms with van der Waals surface area (Å²) >= 11 is 5.74. The van der Waals surface area contributed by atoms with E-state index in [0.717, 1.165) is 0 Å². The number of Topliss-reactive ketones (excluding diaryl/α,β-unsaturated/α-hetero) is 1. The van der Waals surface area contributed by atoms with Crippen LogP contribution in [0.2, 0.25) is 5.02 Å². The Bertz CT molecular complexity index is 528. The van der Waals surface area contributed by atoms with Crippen molar-refractivity contribution in [3.05, 3.63) is 34.9 Å². The van der Waals surface area contributed by atoms with Gasteiger partial charge in [0.1, 0.15) is 0 Å². The zero-order valence-corrected chi connectivity index (χ0v) is 11.6. The Labute approximate surface area is 121 Å². The largest absolute Gasteiger partial charge is 0.354 e. The molecule has 1 saturated heterocycles. The molecule has 6 heteroatoms. The first-order valence-corrected chi connectivity index (χ1v) is 6.77. The number of rotatable bonds is 5. The summed E-state index contributed by atoms with van der Waals surface area (Å²) in [6.45, 7) is 0.454. The zero-order chi connectivity index (χ0) is 14.5. The van der Waals surface area contributed by atoms with Crippen LogP contribution in [0.4, 0.5) is 0 Å². The maximum absolute atomic E-state index is 11.9. The third-order valence-electron chi connectivity index (χ3n) is 3.09. The second-order valence-corrected chi connectivity index (χ2v) is 5.14. The quantitative estimate of drug-likeness (QED) is 0.804. The Kier molecular flexibility index (Phi) is 4.74. The van der Waals surface area contributed by atoms with E-state index in [9.17, 15) is 14.4 Å². The number of hydrogen-bond acceptors (Lipinski definition) is 3. The van der Waals surface area contributed by atoms with Crippen molar-refractivity contribution >= 4 is 29.2 Å². The number of ketones is 1. The Morgan fingerprint density at radius 1 is 1.25 bits per heavy atom. The SMILES string of the molecule is O=C1CC(NC(=O)CCC(=O)c2ccc(Cl)cc2)CN1. The van der Waals surface area contributed by atoms with Crippen LogP contribution >= 0.6 is 11.6 Å². The zero-order valence-electron chi connectivity index (χ0n) is 10.8. The molecule has 0 radical (unpaired) electrons. The molecule has 2 N–H and O–H groups in total. The summed E-state index contributed by atoms with van der Waals surface area (Å²) in [4.78, 5) is 34.5. The van der Waals surface area contributed by atoms with Gasteiger partial charge in [0.15, 0.2) is 5.78 Å². The minimum atomic E-state index is -0.214. The van der Waals surface area contributed by atoms with Gasteiger partial charge in [0.05, 0.1) is 6.04 Å². The second-order valence-electron chi connectivity index (χ2n) is 4.70. The minimum Gasteiger partial charge on any atom is -0.354 e. The highest BCUT2D eigenvalue weighted by Crippen LogP contribution is 2.12. The van der Waals surface area contributed by atoms with E-state index < -0.39 is 0 Å². The number of benzene rings is 1. The number of carbonyl (C=O) groups is 3. The van der Waals surface area contributed by atoms with Crippen LogP contribution < -0.4 is 10.6 Å². The Hall–Kier alpha value is -1.88. The Morgan fingerprint density at radius 2 is 1.95 bits per heavy atom. The molecule has 0 aromatic heterocycles. The number of halogens is 1. The number of hydrogen-bond donors (Lipinski definition) is 2. The van der Waals surface area contributed by atoms with Gasteiger partial charge < -0.3 is 10.6 Å². The molecule has 2 rings (SSSR count). The van der Waals surface area contributed by atoms with Gasteiger partial charge in [-0.3, -0.25) is 14.4 Å². The highest BCUT2D eigenvalue weighted by atomic mass is 35.5. The molecule has 2 amide bonds. The lowest BCUT2D eigenvalue weighted by Crippen LogP contribution is -2.36. The van der Waals surface area contributed by atoms with Crippen molar-refractivity contribution in [2.75, 3.05) is 6.54 Å². The van der Waals surface area contributed by atoms with Crippen molar-refractivity contribution in [1.29, 1.82) is 0 Å². The lowest BCUT2D eigenvalue weighted by molar-refractivity contribution is -0.121. The second kappa shape index (κ2) is 6.52. The van der Waals surface area contributed by atoms with Crippen molar-refractivity contribution < 1.29 is 14.4 Å². The summed E-state index contributed by atoms with van der Waals surface area (Å²) in [6.07, 6.45) is 0.560. The van der Waals surface area contributed by atoms with E-state index in [1.54, 1.807) is 24.3 Å². The van der Waals surface area contributed by atoms with Gasteiger partial charge in [-0.1, -0.05) is 11.6 Å². The lowest BCUT2D eigenvalue weighted by atomic mass is 10.1. The highest BCUT2D eigenvalue weighted by molar-refractivity contribution is 6.30. The van der Waals surface area contributed by atoms with Gasteiger partial charge in [0.2, 0.25) is 11.8 Å². The van der Waals surface area contributed by atoms with E-state index in [4.69, 9.17) is 11.6 Å². The molecular weight excluding hydrogens is 280 g/mol. The van der Waals surface area contributed by atoms with Crippen LogP contribution in [0.3, 0.4) is 0 Å². The maximum atomic E-state index is 11.9. The third kappa shape index (κ3) is 4.06. The fraction of sp³-hybridized carbons (Fsp3) is 0.357. The lowest BCUT2D eigenvalue weighted by Gasteiger charge is -2.09. The average molecular weight is 295 g/mol. The molecule has 1 aliphatic rings. The molecule has 0 bridgehead atoms. The molecule has 20 heavy (non-hydrogen) atoms. The smallest absolute Gasteiger partial charge is 0.222 e. The summed E-state index contributed by atoms with van der Waals surface area (Å²) in [7, 11) is 0. The van der Waals surface area contributed by atoms with Crippen LogP contribution in [0.15, 0.2) is 24.3 Å². The number of nitrogens with one attached hydrogen (secondary N) is 2. The monoisotopic (exact) mass is 294 g/mol. The van der Waals surface area contributed by atoms with Gasteiger partial charge in [0, 0.05) is 36.4 Å². The van der Waals surface area contributed by atoms with Crippen LogP contribution in [0.5, 0.6) is 0 Å². The molecule has 106 valence electrons. The van der Waals surface area contributed by atoms with E-state index >= 15 is 0 Å². The molecule has 1 heterocycles. The number of amides is 2. The molecule has 1 atom stereocenters. The fourth-order valence-electron chi connectivity index (χ4n) is 2.01. The summed E-state index contributed by atoms with van der Waals surface area (Å²) in [5, 5.41) is 5.93. The van der Waals surface area contributed by atoms with Crippen LogP contribution in [0, 0.1) is 0 Å². The van der Waals surface area contributed by atoms with Gasteiger partial charge >= 0.3 is 0 Å². The van der Waals surface area contributed by atoms with Crippen LogP contribution in [-0.2, 0) is 9.59 Å². The van der Waals surface area contributed by atoms with E-state index in [0.29, 0.717) is 23.6 Å². The summed E-state index contributed by atoms with van der Waals surface area (Å²) < 4.78 is 0. The first kappa shape index (κ1) is 14.5. The van der Waals surface area contributed by atoms with Crippen LogP contribution in [0.1, 0.15) is 29.6 Å². The highest BCUT2D eigenvalue weighted by Gasteiger charge is 2.22. The van der Waals surface area contributed by atoms with E-state index in [2.05, 4.69) is 10.6 Å². The van der Waals surface area contributed by atoms with Gasteiger partial charge in [-0.15, -0.1) is 0 Å². The topological polar surface area (TPSA) is 75.3 Å². The molecule has 5 nitrogen and oxygen atoms in total. The summed E-state index contributed by atoms with van der Waals surface area (Å²) in [6, 6.07) is 6.40. The normalized spacial score (nSPS) is 17.6. The van der Waals surface area contributed by atoms with Gasteiger partial charge in [-0.2, -0.15) is 0 Å². The molecule has 1 aromatic rings. The minimum absolute atomic E-state index is 0.0625. The fourth-order valence-corrected chi connectivity index (χ4v) is 2.14. The van der Waals surface area contributed by atoms with Gasteiger partial charge in [-0.05, 0) is 24.3 Å². The Morgan fingerprint density at radius 3 is 2.55 bits per heavy atom. The first-order valence-electron chi connectivity index (χ1n) is 6.39. The maximum Gasteiger partial charge on any atom is 0.222 e. The van der Waals surface area contributed by atoms with E-state index in [1.165, 1.54) is 0 Å². The van der Waals surface area contributed by atoms with Crippen molar-refractivity contribution in [2.24, 2.45) is 0 Å². The first-order chi connectivity index (χ1) is 9.54. The van der Waals surface area contributed by atoms with Crippen molar-refractivity contribution in [3.63, 3.8) is 0 Å². The molecule has 0 saturated carbocycles. The van der Waals surface area contributed by atoms with E-state index in [1.807, 2.05) is 0 Å². The van der Waals surface area contributed by atoms with Gasteiger partial charge in [0.25, 0.3) is 0 Å². The van der Waals surface area contributed by atoms with Crippen molar-refractivity contribution in [3.8, 4) is 0 Å². The summed E-state index contributed by atoms with van der Waals surface area (Å²) in [5.41, 5.74) is 0.542. The third-order valence-corrected chi connectivity index (χ3v) is 3.34. The predicted octanol–water partition coefficient (Wildman–Crippen LogP) is 1.31. The van der Waals surface area contributed by atoms with Crippen molar-refractivity contribution in [2.45, 2.75) is 25.3 Å². The van der Waals surface area contributed by atoms with Gasteiger partial charge in [-0.25, -0.2) is 0 Å². The molecular formula is C14H15ClN2O3. The standard InChI is InChI=1S/C14H15ClN2O3/c15-10-3-1-9(2-4-10)12(18)5-6-13(19)17-11-7-14(20)16-8-11/h1-4,11H,5-8H2,(H,16,20)(H,17,19).